The molecule has 0 unspecified atom stereocenters. The van der Waals surface area contributed by atoms with E-state index in [0.29, 0.717) is 23.2 Å². The van der Waals surface area contributed by atoms with Crippen LogP contribution in [0.4, 0.5) is 5.69 Å². The smallest absolute Gasteiger partial charge is 0.166 e. The predicted octanol–water partition coefficient (Wildman–Crippen LogP) is 2.51. The standard InChI is InChI=1S/C26H26N8O2/c1-17-11-19(13-27)30-34(17)26-22(18(2)35)4-6-25(29-26)33-16-28-23-12-20(3-5-24(23)33)31-7-9-32(10-8-31)21-14-36-15-21/h3-6,11-12,16,21H,7-10,14-15H2,1-2H3. The number of pyridine rings is 1. The molecule has 2 aliphatic rings. The lowest BCUT2D eigenvalue weighted by Crippen LogP contribution is -2.56. The number of rotatable bonds is 5. The van der Waals surface area contributed by atoms with Crippen molar-refractivity contribution in [2.75, 3.05) is 44.3 Å². The van der Waals surface area contributed by atoms with E-state index in [-0.39, 0.29) is 11.5 Å². The van der Waals surface area contributed by atoms with E-state index in [1.165, 1.54) is 6.92 Å². The number of ketones is 1. The minimum absolute atomic E-state index is 0.123. The molecule has 182 valence electrons. The van der Waals surface area contributed by atoms with Gasteiger partial charge in [-0.15, -0.1) is 0 Å². The molecular formula is C26H26N8O2. The van der Waals surface area contributed by atoms with Gasteiger partial charge in [0, 0.05) is 37.6 Å². The zero-order chi connectivity index (χ0) is 24.8. The van der Waals surface area contributed by atoms with Crippen molar-refractivity contribution in [3.63, 3.8) is 0 Å². The molecule has 0 aliphatic carbocycles. The van der Waals surface area contributed by atoms with Crippen LogP contribution < -0.4 is 4.90 Å². The lowest BCUT2D eigenvalue weighted by molar-refractivity contribution is -0.0660. The zero-order valence-corrected chi connectivity index (χ0v) is 20.3. The molecule has 1 aromatic carbocycles. The van der Waals surface area contributed by atoms with Crippen LogP contribution in [0.2, 0.25) is 0 Å². The zero-order valence-electron chi connectivity index (χ0n) is 20.3. The molecule has 0 N–H and O–H groups in total. The Balaban J connectivity index is 1.31. The number of hydrogen-bond donors (Lipinski definition) is 0. The maximum absolute atomic E-state index is 12.3. The Labute approximate surface area is 208 Å². The lowest BCUT2D eigenvalue weighted by Gasteiger charge is -2.43. The first kappa shape index (κ1) is 22.4. The number of nitriles is 1. The Kier molecular flexibility index (Phi) is 5.51. The first-order valence-corrected chi connectivity index (χ1v) is 12.0. The van der Waals surface area contributed by atoms with Gasteiger partial charge in [0.2, 0.25) is 0 Å². The first-order valence-electron chi connectivity index (χ1n) is 12.0. The van der Waals surface area contributed by atoms with Gasteiger partial charge < -0.3 is 9.64 Å². The number of carbonyl (C=O) groups excluding carboxylic acids is 1. The van der Waals surface area contributed by atoms with Crippen molar-refractivity contribution in [3.05, 3.63) is 59.7 Å². The highest BCUT2D eigenvalue weighted by Crippen LogP contribution is 2.26. The maximum atomic E-state index is 12.3. The van der Waals surface area contributed by atoms with Gasteiger partial charge in [-0.3, -0.25) is 14.3 Å². The highest BCUT2D eigenvalue weighted by molar-refractivity contribution is 5.97. The summed E-state index contributed by atoms with van der Waals surface area (Å²) in [6.45, 7) is 9.07. The lowest BCUT2D eigenvalue weighted by atomic mass is 10.1. The third kappa shape index (κ3) is 3.82. The third-order valence-corrected chi connectivity index (χ3v) is 7.04. The summed E-state index contributed by atoms with van der Waals surface area (Å²) in [6, 6.07) is 14.2. The van der Waals surface area contributed by atoms with Crippen LogP contribution in [0.5, 0.6) is 0 Å². The van der Waals surface area contributed by atoms with Crippen LogP contribution in [0.15, 0.2) is 42.7 Å². The number of aryl methyl sites for hydroxylation is 1. The summed E-state index contributed by atoms with van der Waals surface area (Å²) in [7, 11) is 0. The van der Waals surface area contributed by atoms with Crippen molar-refractivity contribution >= 4 is 22.5 Å². The number of nitrogens with zero attached hydrogens (tertiary/aromatic N) is 8. The third-order valence-electron chi connectivity index (χ3n) is 7.04. The maximum Gasteiger partial charge on any atom is 0.166 e. The predicted molar refractivity (Wildman–Crippen MR) is 134 cm³/mol. The number of ether oxygens (including phenoxy) is 1. The van der Waals surface area contributed by atoms with Crippen LogP contribution in [0.1, 0.15) is 28.7 Å². The first-order chi connectivity index (χ1) is 17.5. The van der Waals surface area contributed by atoms with Gasteiger partial charge in [0.05, 0.1) is 35.9 Å². The number of piperazine rings is 1. The van der Waals surface area contributed by atoms with E-state index in [2.05, 4.69) is 38.1 Å². The normalized spacial score (nSPS) is 16.8. The summed E-state index contributed by atoms with van der Waals surface area (Å²) in [5, 5.41) is 13.6. The summed E-state index contributed by atoms with van der Waals surface area (Å²) in [4.78, 5) is 26.7. The Morgan fingerprint density at radius 1 is 1.11 bits per heavy atom. The molecule has 10 heteroatoms. The Morgan fingerprint density at radius 3 is 2.58 bits per heavy atom. The second kappa shape index (κ2) is 8.86. The molecule has 0 saturated carbocycles. The fourth-order valence-corrected chi connectivity index (χ4v) is 4.91. The fourth-order valence-electron chi connectivity index (χ4n) is 4.91. The number of hydrogen-bond acceptors (Lipinski definition) is 8. The number of carbonyl (C=O) groups is 1. The van der Waals surface area contributed by atoms with Crippen molar-refractivity contribution in [2.45, 2.75) is 19.9 Å². The van der Waals surface area contributed by atoms with Crippen molar-refractivity contribution in [3.8, 4) is 17.7 Å². The molecule has 0 spiro atoms. The van der Waals surface area contributed by atoms with Gasteiger partial charge in [0.25, 0.3) is 0 Å². The van der Waals surface area contributed by atoms with Gasteiger partial charge in [0.1, 0.15) is 18.2 Å². The van der Waals surface area contributed by atoms with Gasteiger partial charge >= 0.3 is 0 Å². The van der Waals surface area contributed by atoms with E-state index in [9.17, 15) is 10.1 Å². The number of imidazole rings is 1. The van der Waals surface area contributed by atoms with Crippen molar-refractivity contribution in [1.82, 2.24) is 29.2 Å². The average Bonchev–Trinajstić information content (AvgIpc) is 3.45. The Morgan fingerprint density at radius 2 is 1.92 bits per heavy atom. The summed E-state index contributed by atoms with van der Waals surface area (Å²) in [5.74, 6) is 0.893. The molecule has 4 aromatic rings. The van der Waals surface area contributed by atoms with Crippen molar-refractivity contribution in [2.24, 2.45) is 0 Å². The van der Waals surface area contributed by atoms with E-state index in [4.69, 9.17) is 9.72 Å². The number of fused-ring (bicyclic) bond motifs is 1. The highest BCUT2D eigenvalue weighted by atomic mass is 16.5. The van der Waals surface area contributed by atoms with Crippen LogP contribution in [-0.4, -0.2) is 80.4 Å². The molecule has 0 bridgehead atoms. The number of anilines is 1. The Bertz CT molecular complexity index is 1500. The van der Waals surface area contributed by atoms with Gasteiger partial charge in [-0.05, 0) is 50.2 Å². The molecule has 2 fully saturated rings. The number of aromatic nitrogens is 5. The molecule has 0 radical (unpaired) electrons. The van der Waals surface area contributed by atoms with E-state index in [1.807, 2.05) is 23.6 Å². The fraction of sp³-hybridized carbons (Fsp3) is 0.346. The van der Waals surface area contributed by atoms with E-state index >= 15 is 0 Å². The van der Waals surface area contributed by atoms with Gasteiger partial charge in [-0.2, -0.15) is 10.4 Å². The van der Waals surface area contributed by atoms with Crippen LogP contribution in [0.25, 0.3) is 22.7 Å². The number of Topliss-reactive ketones (excluding diaryl/α,β-unsaturated/α-hetero) is 1. The minimum atomic E-state index is -0.123. The molecule has 0 amide bonds. The SMILES string of the molecule is CC(=O)c1ccc(-n2cnc3cc(N4CCN(C5COC5)CC4)ccc32)nc1-n1nc(C#N)cc1C. The summed E-state index contributed by atoms with van der Waals surface area (Å²) in [6.07, 6.45) is 1.75. The molecular weight excluding hydrogens is 456 g/mol. The summed E-state index contributed by atoms with van der Waals surface area (Å²) >= 11 is 0. The largest absolute Gasteiger partial charge is 0.378 e. The van der Waals surface area contributed by atoms with E-state index in [0.717, 1.165) is 61.8 Å². The molecule has 0 atom stereocenters. The minimum Gasteiger partial charge on any atom is -0.378 e. The highest BCUT2D eigenvalue weighted by Gasteiger charge is 2.29. The van der Waals surface area contributed by atoms with Gasteiger partial charge in [-0.1, -0.05) is 0 Å². The van der Waals surface area contributed by atoms with Crippen LogP contribution in [0, 0.1) is 18.3 Å². The van der Waals surface area contributed by atoms with Crippen LogP contribution >= 0.6 is 0 Å². The van der Waals surface area contributed by atoms with Gasteiger partial charge in [-0.25, -0.2) is 14.6 Å². The van der Waals surface area contributed by atoms with Crippen molar-refractivity contribution in [1.29, 1.82) is 5.26 Å². The second-order valence-corrected chi connectivity index (χ2v) is 9.29. The van der Waals surface area contributed by atoms with E-state index < -0.39 is 0 Å². The van der Waals surface area contributed by atoms with Crippen LogP contribution in [0.3, 0.4) is 0 Å². The molecule has 36 heavy (non-hydrogen) atoms. The van der Waals surface area contributed by atoms with Gasteiger partial charge in [0.15, 0.2) is 17.3 Å². The molecule has 2 aliphatic heterocycles. The molecule has 3 aromatic heterocycles. The molecule has 5 heterocycles. The summed E-state index contributed by atoms with van der Waals surface area (Å²) in [5.41, 5.74) is 4.40. The average molecular weight is 483 g/mol. The Hall–Kier alpha value is -4.07. The molecule has 6 rings (SSSR count). The van der Waals surface area contributed by atoms with Crippen molar-refractivity contribution < 1.29 is 9.53 Å². The number of benzene rings is 1. The van der Waals surface area contributed by atoms with Crippen LogP contribution in [-0.2, 0) is 4.74 Å². The summed E-state index contributed by atoms with van der Waals surface area (Å²) < 4.78 is 8.80. The second-order valence-electron chi connectivity index (χ2n) is 9.29. The molecule has 2 saturated heterocycles. The van der Waals surface area contributed by atoms with E-state index in [1.54, 1.807) is 23.1 Å². The monoisotopic (exact) mass is 482 g/mol. The quantitative estimate of drug-likeness (QED) is 0.400. The molecule has 10 nitrogen and oxygen atoms in total. The topological polar surface area (TPSA) is 105 Å².